The van der Waals surface area contributed by atoms with Crippen LogP contribution < -0.4 is 5.32 Å². The maximum Gasteiger partial charge on any atom is 0.407 e. The van der Waals surface area contributed by atoms with Crippen molar-refractivity contribution in [1.82, 2.24) is 10.2 Å². The minimum Gasteiger partial charge on any atom is -0.445 e. The summed E-state index contributed by atoms with van der Waals surface area (Å²) in [5.74, 6) is 0. The van der Waals surface area contributed by atoms with Crippen molar-refractivity contribution in [3.63, 3.8) is 0 Å². The molecule has 1 aliphatic rings. The highest BCUT2D eigenvalue weighted by Crippen LogP contribution is 2.25. The number of fused-ring (bicyclic) bond motifs is 1. The minimum absolute atomic E-state index is 0.303. The Bertz CT molecular complexity index is 691. The van der Waals surface area contributed by atoms with Crippen LogP contribution in [0.5, 0.6) is 0 Å². The number of ether oxygens (including phenoxy) is 1. The number of nitrogens with one attached hydrogen (secondary N) is 1. The van der Waals surface area contributed by atoms with Gasteiger partial charge < -0.3 is 10.1 Å². The van der Waals surface area contributed by atoms with Crippen molar-refractivity contribution in [3.8, 4) is 0 Å². The Labute approximate surface area is 150 Å². The van der Waals surface area contributed by atoms with Crippen molar-refractivity contribution in [2.24, 2.45) is 0 Å². The lowest BCUT2D eigenvalue weighted by molar-refractivity contribution is 0.137. The number of alkyl carbamates (subject to hydrolysis) is 1. The highest BCUT2D eigenvalue weighted by atomic mass is 79.9. The Hall–Kier alpha value is -1.85. The van der Waals surface area contributed by atoms with Gasteiger partial charge in [-0.05, 0) is 29.2 Å². The molecule has 0 atom stereocenters. The van der Waals surface area contributed by atoms with Crippen LogP contribution in [0.1, 0.15) is 16.7 Å². The van der Waals surface area contributed by atoms with Crippen molar-refractivity contribution in [2.75, 3.05) is 19.6 Å². The first-order chi connectivity index (χ1) is 11.7. The van der Waals surface area contributed by atoms with Gasteiger partial charge in [-0.1, -0.05) is 58.4 Å². The third-order valence-corrected chi connectivity index (χ3v) is 4.94. The van der Waals surface area contributed by atoms with Crippen LogP contribution >= 0.6 is 15.9 Å². The van der Waals surface area contributed by atoms with Gasteiger partial charge in [0.25, 0.3) is 0 Å². The van der Waals surface area contributed by atoms with Crippen LogP contribution in [0.2, 0.25) is 0 Å². The van der Waals surface area contributed by atoms with Gasteiger partial charge in [-0.15, -0.1) is 0 Å². The molecule has 1 aliphatic heterocycles. The molecule has 2 aromatic carbocycles. The minimum atomic E-state index is -0.362. The molecule has 0 fully saturated rings. The van der Waals surface area contributed by atoms with Crippen LogP contribution in [-0.2, 0) is 24.3 Å². The third-order valence-electron chi connectivity index (χ3n) is 4.20. The highest BCUT2D eigenvalue weighted by molar-refractivity contribution is 9.10. The Kier molecular flexibility index (Phi) is 5.88. The molecule has 2 aromatic rings. The number of carbonyl (C=O) groups is 1. The molecular formula is C19H21BrN2O2. The molecule has 5 heteroatoms. The molecule has 0 spiro atoms. The zero-order valence-electron chi connectivity index (χ0n) is 13.5. The summed E-state index contributed by atoms with van der Waals surface area (Å²) in [6.45, 7) is 3.66. The van der Waals surface area contributed by atoms with Crippen LogP contribution in [0.4, 0.5) is 4.79 Å². The van der Waals surface area contributed by atoms with Crippen LogP contribution in [0.25, 0.3) is 0 Å². The number of hydrogen-bond acceptors (Lipinski definition) is 3. The van der Waals surface area contributed by atoms with Crippen molar-refractivity contribution >= 4 is 22.0 Å². The van der Waals surface area contributed by atoms with E-state index < -0.39 is 0 Å². The van der Waals surface area contributed by atoms with Gasteiger partial charge in [0.15, 0.2) is 0 Å². The lowest BCUT2D eigenvalue weighted by Crippen LogP contribution is -2.38. The van der Waals surface area contributed by atoms with E-state index in [0.29, 0.717) is 13.2 Å². The van der Waals surface area contributed by atoms with Gasteiger partial charge in [0.1, 0.15) is 6.61 Å². The maximum atomic E-state index is 11.7. The highest BCUT2D eigenvalue weighted by Gasteiger charge is 2.17. The number of benzene rings is 2. The number of hydrogen-bond donors (Lipinski definition) is 1. The van der Waals surface area contributed by atoms with Crippen LogP contribution in [-0.4, -0.2) is 30.6 Å². The largest absolute Gasteiger partial charge is 0.445 e. The van der Waals surface area contributed by atoms with E-state index in [9.17, 15) is 4.79 Å². The number of carbonyl (C=O) groups excluding carboxylic acids is 1. The van der Waals surface area contributed by atoms with E-state index in [-0.39, 0.29) is 6.09 Å². The van der Waals surface area contributed by atoms with E-state index in [4.69, 9.17) is 4.74 Å². The monoisotopic (exact) mass is 388 g/mol. The van der Waals surface area contributed by atoms with E-state index in [1.807, 2.05) is 30.3 Å². The van der Waals surface area contributed by atoms with Gasteiger partial charge in [0, 0.05) is 30.7 Å². The third kappa shape index (κ3) is 4.58. The van der Waals surface area contributed by atoms with E-state index in [0.717, 1.165) is 31.6 Å². The smallest absolute Gasteiger partial charge is 0.407 e. The summed E-state index contributed by atoms with van der Waals surface area (Å²) in [5.41, 5.74) is 3.76. The van der Waals surface area contributed by atoms with Crippen LogP contribution in [0, 0.1) is 0 Å². The topological polar surface area (TPSA) is 41.6 Å². The molecule has 0 unspecified atom stereocenters. The molecule has 126 valence electrons. The summed E-state index contributed by atoms with van der Waals surface area (Å²) < 4.78 is 6.41. The summed E-state index contributed by atoms with van der Waals surface area (Å²) in [6, 6.07) is 16.0. The number of halogens is 1. The zero-order valence-corrected chi connectivity index (χ0v) is 15.1. The SMILES string of the molecule is O=C(NCCN1CCc2c(Br)cccc2C1)OCc1ccccc1. The van der Waals surface area contributed by atoms with E-state index in [2.05, 4.69) is 44.3 Å². The lowest BCUT2D eigenvalue weighted by atomic mass is 10.00. The first kappa shape index (κ1) is 17.0. The number of amides is 1. The van der Waals surface area contributed by atoms with Gasteiger partial charge in [0.2, 0.25) is 0 Å². The fraction of sp³-hybridized carbons (Fsp3) is 0.316. The molecule has 1 heterocycles. The summed E-state index contributed by atoms with van der Waals surface area (Å²) in [5, 5.41) is 2.82. The molecule has 24 heavy (non-hydrogen) atoms. The van der Waals surface area contributed by atoms with Crippen molar-refractivity contribution in [1.29, 1.82) is 0 Å². The number of nitrogens with zero attached hydrogens (tertiary/aromatic N) is 1. The summed E-state index contributed by atoms with van der Waals surface area (Å²) in [6.07, 6.45) is 0.675. The van der Waals surface area contributed by atoms with Gasteiger partial charge >= 0.3 is 6.09 Å². The normalized spacial score (nSPS) is 14.0. The Morgan fingerprint density at radius 1 is 1.17 bits per heavy atom. The van der Waals surface area contributed by atoms with E-state index in [1.54, 1.807) is 0 Å². The standard InChI is InChI=1S/C19H21BrN2O2/c20-18-8-4-7-16-13-22(11-9-17(16)18)12-10-21-19(23)24-14-15-5-2-1-3-6-15/h1-8H,9-14H2,(H,21,23). The van der Waals surface area contributed by atoms with E-state index >= 15 is 0 Å². The molecule has 0 aromatic heterocycles. The van der Waals surface area contributed by atoms with Crippen LogP contribution in [0.3, 0.4) is 0 Å². The lowest BCUT2D eigenvalue weighted by Gasteiger charge is -2.29. The molecule has 0 aliphatic carbocycles. The van der Waals surface area contributed by atoms with Crippen molar-refractivity contribution < 1.29 is 9.53 Å². The van der Waals surface area contributed by atoms with Crippen molar-refractivity contribution in [2.45, 2.75) is 19.6 Å². The fourth-order valence-corrected chi connectivity index (χ4v) is 3.51. The average molecular weight is 389 g/mol. The van der Waals surface area contributed by atoms with Crippen LogP contribution in [0.15, 0.2) is 53.0 Å². The Morgan fingerprint density at radius 2 is 2.00 bits per heavy atom. The molecule has 0 radical (unpaired) electrons. The van der Waals surface area contributed by atoms with Gasteiger partial charge in [-0.2, -0.15) is 0 Å². The second-order valence-electron chi connectivity index (χ2n) is 5.89. The van der Waals surface area contributed by atoms with Crippen molar-refractivity contribution in [3.05, 3.63) is 69.7 Å². The van der Waals surface area contributed by atoms with Gasteiger partial charge in [-0.25, -0.2) is 4.79 Å². The molecule has 4 nitrogen and oxygen atoms in total. The first-order valence-corrected chi connectivity index (χ1v) is 8.95. The van der Waals surface area contributed by atoms with E-state index in [1.165, 1.54) is 15.6 Å². The van der Waals surface area contributed by atoms with Gasteiger partial charge in [0.05, 0.1) is 0 Å². The molecule has 1 amide bonds. The summed E-state index contributed by atoms with van der Waals surface area (Å²) in [4.78, 5) is 14.1. The first-order valence-electron chi connectivity index (χ1n) is 8.15. The fourth-order valence-electron chi connectivity index (χ4n) is 2.90. The zero-order chi connectivity index (χ0) is 16.8. The molecule has 0 saturated heterocycles. The molecule has 1 N–H and O–H groups in total. The maximum absolute atomic E-state index is 11.7. The quantitative estimate of drug-likeness (QED) is 0.847. The Morgan fingerprint density at radius 3 is 2.83 bits per heavy atom. The molecule has 0 bridgehead atoms. The summed E-state index contributed by atoms with van der Waals surface area (Å²) in [7, 11) is 0. The second-order valence-corrected chi connectivity index (χ2v) is 6.75. The number of rotatable bonds is 5. The van der Waals surface area contributed by atoms with Gasteiger partial charge in [-0.3, -0.25) is 4.90 Å². The predicted octanol–water partition coefficient (Wildman–Crippen LogP) is 3.73. The predicted molar refractivity (Wildman–Crippen MR) is 97.8 cm³/mol. The second kappa shape index (κ2) is 8.31. The molecule has 0 saturated carbocycles. The average Bonchev–Trinajstić information content (AvgIpc) is 2.61. The Balaban J connectivity index is 1.38. The molecular weight excluding hydrogens is 368 g/mol. The summed E-state index contributed by atoms with van der Waals surface area (Å²) >= 11 is 3.62. The molecule has 3 rings (SSSR count).